The highest BCUT2D eigenvalue weighted by molar-refractivity contribution is 7.92. The molecule has 0 amide bonds. The number of benzene rings is 1. The number of carboxylic acids is 1. The highest BCUT2D eigenvalue weighted by Gasteiger charge is 2.44. The Bertz CT molecular complexity index is 598. The summed E-state index contributed by atoms with van der Waals surface area (Å²) in [5, 5.41) is 17.7. The lowest BCUT2D eigenvalue weighted by molar-refractivity contribution is -0.144. The van der Waals surface area contributed by atoms with E-state index in [2.05, 4.69) is 0 Å². The number of hydrogen-bond donors (Lipinski definition) is 2. The summed E-state index contributed by atoms with van der Waals surface area (Å²) in [6, 6.07) is 6.02. The molecular formula is C12H13ClO5S. The minimum atomic E-state index is -3.72. The van der Waals surface area contributed by atoms with E-state index in [1.807, 2.05) is 0 Å². The fourth-order valence-electron chi connectivity index (χ4n) is 2.34. The molecule has 104 valence electrons. The number of carboxylic acid groups (broad SMARTS) is 1. The quantitative estimate of drug-likeness (QED) is 0.879. The average Bonchev–Trinajstić information content (AvgIpc) is 2.72. The fourth-order valence-corrected chi connectivity index (χ4v) is 4.68. The number of carbonyl (C=O) groups is 1. The van der Waals surface area contributed by atoms with Gasteiger partial charge in [0.1, 0.15) is 0 Å². The molecule has 0 radical (unpaired) electrons. The fraction of sp³-hybridized carbons (Fsp3) is 0.417. The van der Waals surface area contributed by atoms with Crippen LogP contribution in [0.4, 0.5) is 0 Å². The molecular weight excluding hydrogens is 292 g/mol. The zero-order chi connectivity index (χ0) is 14.2. The second-order valence-electron chi connectivity index (χ2n) is 4.58. The van der Waals surface area contributed by atoms with E-state index in [1.165, 1.54) is 12.1 Å². The van der Waals surface area contributed by atoms with Gasteiger partial charge in [0.05, 0.1) is 27.2 Å². The molecule has 7 heteroatoms. The minimum Gasteiger partial charge on any atom is -0.481 e. The molecule has 1 aromatic rings. The van der Waals surface area contributed by atoms with Crippen molar-refractivity contribution in [2.75, 3.05) is 0 Å². The van der Waals surface area contributed by atoms with Crippen molar-refractivity contribution in [1.82, 2.24) is 0 Å². The monoisotopic (exact) mass is 304 g/mol. The Morgan fingerprint density at radius 2 is 1.89 bits per heavy atom. The van der Waals surface area contributed by atoms with Crippen molar-refractivity contribution in [2.45, 2.75) is 29.1 Å². The summed E-state index contributed by atoms with van der Waals surface area (Å²) < 4.78 is 24.8. The van der Waals surface area contributed by atoms with Crippen molar-refractivity contribution in [2.24, 2.45) is 5.92 Å². The van der Waals surface area contributed by atoms with Crippen molar-refractivity contribution in [3.63, 3.8) is 0 Å². The van der Waals surface area contributed by atoms with Gasteiger partial charge in [0, 0.05) is 0 Å². The van der Waals surface area contributed by atoms with E-state index >= 15 is 0 Å². The van der Waals surface area contributed by atoms with Crippen LogP contribution >= 0.6 is 11.6 Å². The first kappa shape index (κ1) is 14.3. The molecule has 0 saturated heterocycles. The molecule has 1 aliphatic carbocycles. The minimum absolute atomic E-state index is 0.0140. The molecule has 0 spiro atoms. The summed E-state index contributed by atoms with van der Waals surface area (Å²) in [4.78, 5) is 10.9. The Balaban J connectivity index is 2.33. The number of aliphatic hydroxyl groups excluding tert-OH is 1. The number of aliphatic hydroxyl groups is 1. The predicted molar refractivity (Wildman–Crippen MR) is 68.8 cm³/mol. The first-order chi connectivity index (χ1) is 8.84. The highest BCUT2D eigenvalue weighted by Crippen LogP contribution is 2.36. The molecule has 0 aromatic heterocycles. The summed E-state index contributed by atoms with van der Waals surface area (Å²) in [7, 11) is -3.72. The summed E-state index contributed by atoms with van der Waals surface area (Å²) in [5.41, 5.74) is 0. The maximum atomic E-state index is 12.4. The van der Waals surface area contributed by atoms with Crippen molar-refractivity contribution < 1.29 is 23.4 Å². The lowest BCUT2D eigenvalue weighted by Crippen LogP contribution is -2.22. The zero-order valence-electron chi connectivity index (χ0n) is 9.86. The standard InChI is InChI=1S/C12H13ClO5S/c13-9-3-1-2-4-11(9)19(17,18)7-5-8(12(15)16)10(14)6-7/h1-4,7-8,10,14H,5-6H2,(H,15,16)/t7-,8-,10-/m0/s1. The molecule has 1 fully saturated rings. The van der Waals surface area contributed by atoms with E-state index in [1.54, 1.807) is 12.1 Å². The third kappa shape index (κ3) is 2.61. The van der Waals surface area contributed by atoms with E-state index in [4.69, 9.17) is 16.7 Å². The highest BCUT2D eigenvalue weighted by atomic mass is 35.5. The van der Waals surface area contributed by atoms with Gasteiger partial charge in [-0.15, -0.1) is 0 Å². The van der Waals surface area contributed by atoms with Crippen molar-refractivity contribution in [3.8, 4) is 0 Å². The van der Waals surface area contributed by atoms with Crippen LogP contribution < -0.4 is 0 Å². The van der Waals surface area contributed by atoms with E-state index < -0.39 is 33.1 Å². The maximum Gasteiger partial charge on any atom is 0.309 e. The lowest BCUT2D eigenvalue weighted by Gasteiger charge is -2.12. The molecule has 2 rings (SSSR count). The van der Waals surface area contributed by atoms with Gasteiger partial charge >= 0.3 is 5.97 Å². The smallest absolute Gasteiger partial charge is 0.309 e. The molecule has 0 bridgehead atoms. The maximum absolute atomic E-state index is 12.4. The molecule has 1 aromatic carbocycles. The molecule has 19 heavy (non-hydrogen) atoms. The first-order valence-corrected chi connectivity index (χ1v) is 7.65. The Labute approximate surface area is 115 Å². The van der Waals surface area contributed by atoms with Gasteiger partial charge < -0.3 is 10.2 Å². The zero-order valence-corrected chi connectivity index (χ0v) is 11.4. The van der Waals surface area contributed by atoms with Gasteiger partial charge in [0.25, 0.3) is 0 Å². The summed E-state index contributed by atoms with van der Waals surface area (Å²) >= 11 is 5.86. The van der Waals surface area contributed by atoms with Gasteiger partial charge in [0.15, 0.2) is 9.84 Å². The third-order valence-electron chi connectivity index (χ3n) is 3.38. The molecule has 2 N–H and O–H groups in total. The second-order valence-corrected chi connectivity index (χ2v) is 7.18. The normalized spacial score (nSPS) is 27.4. The lowest BCUT2D eigenvalue weighted by atomic mass is 10.1. The number of hydrogen-bond acceptors (Lipinski definition) is 4. The summed E-state index contributed by atoms with van der Waals surface area (Å²) in [6.07, 6.45) is -1.31. The summed E-state index contributed by atoms with van der Waals surface area (Å²) in [6.45, 7) is 0. The van der Waals surface area contributed by atoms with Crippen LogP contribution in [0, 0.1) is 5.92 Å². The Hall–Kier alpha value is -1.11. The van der Waals surface area contributed by atoms with Crippen LogP contribution in [0.25, 0.3) is 0 Å². The molecule has 0 heterocycles. The average molecular weight is 305 g/mol. The van der Waals surface area contributed by atoms with Crippen LogP contribution in [-0.4, -0.2) is 36.0 Å². The Kier molecular flexibility index (Phi) is 3.85. The topological polar surface area (TPSA) is 91.7 Å². The molecule has 0 aliphatic heterocycles. The largest absolute Gasteiger partial charge is 0.481 e. The van der Waals surface area contributed by atoms with E-state index in [0.717, 1.165) is 0 Å². The van der Waals surface area contributed by atoms with E-state index in [-0.39, 0.29) is 22.8 Å². The van der Waals surface area contributed by atoms with Crippen molar-refractivity contribution in [3.05, 3.63) is 29.3 Å². The molecule has 3 atom stereocenters. The van der Waals surface area contributed by atoms with Crippen molar-refractivity contribution in [1.29, 1.82) is 0 Å². The molecule has 1 saturated carbocycles. The summed E-state index contributed by atoms with van der Waals surface area (Å²) in [5.74, 6) is -2.22. The van der Waals surface area contributed by atoms with Gasteiger partial charge in [-0.05, 0) is 25.0 Å². The molecule has 5 nitrogen and oxygen atoms in total. The van der Waals surface area contributed by atoms with Gasteiger partial charge in [-0.2, -0.15) is 0 Å². The van der Waals surface area contributed by atoms with Gasteiger partial charge in [-0.1, -0.05) is 23.7 Å². The third-order valence-corrected chi connectivity index (χ3v) is 6.06. The number of sulfone groups is 1. The van der Waals surface area contributed by atoms with Crippen LogP contribution in [0.2, 0.25) is 5.02 Å². The van der Waals surface area contributed by atoms with Gasteiger partial charge in [-0.3, -0.25) is 4.79 Å². The molecule has 0 unspecified atom stereocenters. The first-order valence-electron chi connectivity index (χ1n) is 5.73. The van der Waals surface area contributed by atoms with Crippen LogP contribution in [0.1, 0.15) is 12.8 Å². The van der Waals surface area contributed by atoms with Gasteiger partial charge in [-0.25, -0.2) is 8.42 Å². The van der Waals surface area contributed by atoms with Crippen molar-refractivity contribution >= 4 is 27.4 Å². The Morgan fingerprint density at radius 3 is 2.42 bits per heavy atom. The van der Waals surface area contributed by atoms with Crippen LogP contribution in [-0.2, 0) is 14.6 Å². The second kappa shape index (κ2) is 5.11. The van der Waals surface area contributed by atoms with Crippen LogP contribution in [0.5, 0.6) is 0 Å². The molecule has 1 aliphatic rings. The predicted octanol–water partition coefficient (Wildman–Crippen LogP) is 1.34. The van der Waals surface area contributed by atoms with E-state index in [0.29, 0.717) is 0 Å². The SMILES string of the molecule is O=C(O)[C@H]1C[C@H](S(=O)(=O)c2ccccc2Cl)C[C@@H]1O. The van der Waals surface area contributed by atoms with Gasteiger partial charge in [0.2, 0.25) is 0 Å². The number of halogens is 1. The Morgan fingerprint density at radius 1 is 1.26 bits per heavy atom. The van der Waals surface area contributed by atoms with Crippen LogP contribution in [0.3, 0.4) is 0 Å². The van der Waals surface area contributed by atoms with E-state index in [9.17, 15) is 18.3 Å². The number of aliphatic carboxylic acids is 1. The number of rotatable bonds is 3. The van der Waals surface area contributed by atoms with Crippen LogP contribution in [0.15, 0.2) is 29.2 Å².